The Hall–Kier alpha value is -1.15. The molecule has 6 nitrogen and oxygen atoms in total. The van der Waals surface area contributed by atoms with Gasteiger partial charge in [-0.05, 0) is 51.0 Å². The molecule has 0 fully saturated rings. The standard InChI is InChI=1S/C13H23N3O3S/c1-9-6-11(16-14)7-10(2)12(9)20(17,18)15-8-13(3,4)19-5/h6-7,15-16H,8,14H2,1-5H3. The first-order chi connectivity index (χ1) is 9.13. The van der Waals surface area contributed by atoms with E-state index in [0.717, 1.165) is 0 Å². The fourth-order valence-corrected chi connectivity index (χ4v) is 3.52. The molecule has 0 radical (unpaired) electrons. The molecule has 0 saturated carbocycles. The van der Waals surface area contributed by atoms with Crippen molar-refractivity contribution in [1.29, 1.82) is 0 Å². The number of ether oxygens (including phenoxy) is 1. The minimum absolute atomic E-state index is 0.196. The van der Waals surface area contributed by atoms with Crippen molar-refractivity contribution in [3.63, 3.8) is 0 Å². The Morgan fingerprint density at radius 3 is 2.15 bits per heavy atom. The number of methoxy groups -OCH3 is 1. The van der Waals surface area contributed by atoms with Gasteiger partial charge in [0, 0.05) is 19.3 Å². The Labute approximate surface area is 120 Å². The van der Waals surface area contributed by atoms with E-state index in [2.05, 4.69) is 10.1 Å². The molecule has 0 spiro atoms. The van der Waals surface area contributed by atoms with Crippen molar-refractivity contribution in [2.75, 3.05) is 19.1 Å². The van der Waals surface area contributed by atoms with E-state index in [9.17, 15) is 8.42 Å². The largest absolute Gasteiger partial charge is 0.377 e. The smallest absolute Gasteiger partial charge is 0.241 e. The molecular formula is C13H23N3O3S. The molecule has 0 aliphatic rings. The Bertz CT molecular complexity index is 560. The van der Waals surface area contributed by atoms with Gasteiger partial charge in [0.2, 0.25) is 10.0 Å². The highest BCUT2D eigenvalue weighted by Gasteiger charge is 2.24. The van der Waals surface area contributed by atoms with Crippen molar-refractivity contribution in [3.05, 3.63) is 23.3 Å². The molecule has 7 heteroatoms. The van der Waals surface area contributed by atoms with E-state index in [1.807, 2.05) is 13.8 Å². The summed E-state index contributed by atoms with van der Waals surface area (Å²) >= 11 is 0. The molecule has 0 saturated heterocycles. The monoisotopic (exact) mass is 301 g/mol. The first-order valence-corrected chi connectivity index (χ1v) is 7.74. The van der Waals surface area contributed by atoms with Gasteiger partial charge in [0.15, 0.2) is 0 Å². The zero-order valence-corrected chi connectivity index (χ0v) is 13.4. The van der Waals surface area contributed by atoms with E-state index in [0.29, 0.717) is 16.8 Å². The van der Waals surface area contributed by atoms with Crippen LogP contribution in [-0.2, 0) is 14.8 Å². The third kappa shape index (κ3) is 3.92. The summed E-state index contributed by atoms with van der Waals surface area (Å²) in [4.78, 5) is 0.281. The number of rotatable bonds is 6. The molecule has 20 heavy (non-hydrogen) atoms. The third-order valence-corrected chi connectivity index (χ3v) is 4.84. The molecule has 0 aromatic heterocycles. The molecule has 1 aromatic rings. The Kier molecular flexibility index (Phi) is 5.15. The van der Waals surface area contributed by atoms with Crippen molar-refractivity contribution in [2.24, 2.45) is 5.84 Å². The first-order valence-electron chi connectivity index (χ1n) is 6.25. The minimum Gasteiger partial charge on any atom is -0.377 e. The van der Waals surface area contributed by atoms with Gasteiger partial charge >= 0.3 is 0 Å². The van der Waals surface area contributed by atoms with Crippen LogP contribution in [0.1, 0.15) is 25.0 Å². The van der Waals surface area contributed by atoms with E-state index >= 15 is 0 Å². The minimum atomic E-state index is -3.59. The molecule has 0 bridgehead atoms. The van der Waals surface area contributed by atoms with E-state index < -0.39 is 15.6 Å². The molecule has 0 atom stereocenters. The lowest BCUT2D eigenvalue weighted by atomic mass is 10.1. The summed E-state index contributed by atoms with van der Waals surface area (Å²) in [5, 5.41) is 0. The average Bonchev–Trinajstić information content (AvgIpc) is 2.35. The van der Waals surface area contributed by atoms with Gasteiger partial charge in [-0.15, -0.1) is 0 Å². The van der Waals surface area contributed by atoms with Gasteiger partial charge < -0.3 is 10.2 Å². The van der Waals surface area contributed by atoms with E-state index in [-0.39, 0.29) is 11.4 Å². The maximum absolute atomic E-state index is 12.4. The summed E-state index contributed by atoms with van der Waals surface area (Å²) in [5.41, 5.74) is 3.91. The maximum atomic E-state index is 12.4. The Morgan fingerprint density at radius 1 is 1.25 bits per heavy atom. The second kappa shape index (κ2) is 6.09. The molecule has 0 aliphatic carbocycles. The lowest BCUT2D eigenvalue weighted by Gasteiger charge is -2.23. The second-order valence-electron chi connectivity index (χ2n) is 5.37. The van der Waals surface area contributed by atoms with Gasteiger partial charge in [0.25, 0.3) is 0 Å². The van der Waals surface area contributed by atoms with Crippen molar-refractivity contribution < 1.29 is 13.2 Å². The molecule has 0 amide bonds. The van der Waals surface area contributed by atoms with Crippen molar-refractivity contribution in [1.82, 2.24) is 4.72 Å². The zero-order chi connectivity index (χ0) is 15.6. The van der Waals surface area contributed by atoms with Crippen LogP contribution in [0.3, 0.4) is 0 Å². The summed E-state index contributed by atoms with van der Waals surface area (Å²) in [6, 6.07) is 3.39. The predicted molar refractivity (Wildman–Crippen MR) is 80.0 cm³/mol. The molecule has 0 aliphatic heterocycles. The summed E-state index contributed by atoms with van der Waals surface area (Å²) in [6.45, 7) is 7.31. The SMILES string of the molecule is COC(C)(C)CNS(=O)(=O)c1c(C)cc(NN)cc1C. The number of anilines is 1. The highest BCUT2D eigenvalue weighted by atomic mass is 32.2. The van der Waals surface area contributed by atoms with Crippen LogP contribution in [0.4, 0.5) is 5.69 Å². The number of nitrogen functional groups attached to an aromatic ring is 1. The van der Waals surface area contributed by atoms with Crippen LogP contribution in [-0.4, -0.2) is 27.7 Å². The lowest BCUT2D eigenvalue weighted by molar-refractivity contribution is 0.0276. The van der Waals surface area contributed by atoms with Crippen molar-refractivity contribution >= 4 is 15.7 Å². The molecule has 1 aromatic carbocycles. The van der Waals surface area contributed by atoms with Gasteiger partial charge in [-0.2, -0.15) is 0 Å². The van der Waals surface area contributed by atoms with Gasteiger partial charge in [-0.1, -0.05) is 0 Å². The molecular weight excluding hydrogens is 278 g/mol. The van der Waals surface area contributed by atoms with Crippen LogP contribution in [0.2, 0.25) is 0 Å². The predicted octanol–water partition coefficient (Wildman–Crippen LogP) is 1.29. The summed E-state index contributed by atoms with van der Waals surface area (Å²) in [7, 11) is -2.04. The Morgan fingerprint density at radius 2 is 1.75 bits per heavy atom. The highest BCUT2D eigenvalue weighted by Crippen LogP contribution is 2.24. The normalized spacial score (nSPS) is 12.5. The van der Waals surface area contributed by atoms with Gasteiger partial charge in [0.05, 0.1) is 10.5 Å². The third-order valence-electron chi connectivity index (χ3n) is 3.14. The zero-order valence-electron chi connectivity index (χ0n) is 12.6. The van der Waals surface area contributed by atoms with Crippen LogP contribution >= 0.6 is 0 Å². The number of hydrogen-bond donors (Lipinski definition) is 3. The average molecular weight is 301 g/mol. The maximum Gasteiger partial charge on any atom is 0.241 e. The quantitative estimate of drug-likeness (QED) is 0.544. The van der Waals surface area contributed by atoms with Gasteiger partial charge in [0.1, 0.15) is 0 Å². The van der Waals surface area contributed by atoms with E-state index in [4.69, 9.17) is 10.6 Å². The first kappa shape index (κ1) is 16.9. The number of nitrogens with one attached hydrogen (secondary N) is 2. The van der Waals surface area contributed by atoms with Crippen molar-refractivity contribution in [2.45, 2.75) is 38.2 Å². The summed E-state index contributed by atoms with van der Waals surface area (Å²) < 4.78 is 32.6. The number of hydrazine groups is 1. The number of benzene rings is 1. The van der Waals surface area contributed by atoms with Crippen molar-refractivity contribution in [3.8, 4) is 0 Å². The summed E-state index contributed by atoms with van der Waals surface area (Å²) in [6.07, 6.45) is 0. The van der Waals surface area contributed by atoms with Gasteiger partial charge in [-0.3, -0.25) is 5.84 Å². The fraction of sp³-hybridized carbons (Fsp3) is 0.538. The molecule has 0 heterocycles. The molecule has 1 rings (SSSR count). The molecule has 114 valence electrons. The lowest BCUT2D eigenvalue weighted by Crippen LogP contribution is -2.40. The topological polar surface area (TPSA) is 93.4 Å². The number of nitrogens with two attached hydrogens (primary N) is 1. The number of hydrogen-bond acceptors (Lipinski definition) is 5. The number of sulfonamides is 1. The second-order valence-corrected chi connectivity index (χ2v) is 7.08. The van der Waals surface area contributed by atoms with Gasteiger partial charge in [-0.25, -0.2) is 13.1 Å². The fourth-order valence-electron chi connectivity index (χ4n) is 1.87. The Balaban J connectivity index is 3.11. The van der Waals surface area contributed by atoms with E-state index in [1.165, 1.54) is 0 Å². The highest BCUT2D eigenvalue weighted by molar-refractivity contribution is 7.89. The van der Waals surface area contributed by atoms with Crippen LogP contribution in [0.15, 0.2) is 17.0 Å². The van der Waals surface area contributed by atoms with Crippen LogP contribution in [0.25, 0.3) is 0 Å². The number of aryl methyl sites for hydroxylation is 2. The molecule has 0 unspecified atom stereocenters. The van der Waals surface area contributed by atoms with Crippen LogP contribution in [0.5, 0.6) is 0 Å². The van der Waals surface area contributed by atoms with Crippen LogP contribution in [0, 0.1) is 13.8 Å². The van der Waals surface area contributed by atoms with Crippen LogP contribution < -0.4 is 16.0 Å². The van der Waals surface area contributed by atoms with E-state index in [1.54, 1.807) is 33.1 Å². The summed E-state index contributed by atoms with van der Waals surface area (Å²) in [5.74, 6) is 5.35. The molecule has 4 N–H and O–H groups in total.